The average Bonchev–Trinajstić information content (AvgIpc) is 2.72. The van der Waals surface area contributed by atoms with Gasteiger partial charge in [-0.2, -0.15) is 5.26 Å². The number of benzene rings is 3. The van der Waals surface area contributed by atoms with Crippen LogP contribution in [0.2, 0.25) is 0 Å². The van der Waals surface area contributed by atoms with Crippen LogP contribution in [0.3, 0.4) is 0 Å². The van der Waals surface area contributed by atoms with Crippen LogP contribution in [0.25, 0.3) is 6.08 Å². The van der Waals surface area contributed by atoms with Gasteiger partial charge in [-0.05, 0) is 88.7 Å². The Morgan fingerprint density at radius 2 is 1.93 bits per heavy atom. The van der Waals surface area contributed by atoms with Crippen LogP contribution in [0.15, 0.2) is 72.3 Å². The summed E-state index contributed by atoms with van der Waals surface area (Å²) in [5.74, 6) is -0.0845. The standard InChI is InChI=1S/C24H18FIN2O2/c1-16-3-2-4-21(11-16)28-24(29)19(14-27)12-18-7-10-23(22(26)13-18)30-15-17-5-8-20(25)9-6-17/h2-13H,15H2,1H3,(H,28,29)/b19-12-. The molecule has 0 spiro atoms. The van der Waals surface area contributed by atoms with Crippen molar-refractivity contribution in [2.24, 2.45) is 0 Å². The molecule has 1 amide bonds. The Morgan fingerprint density at radius 3 is 2.60 bits per heavy atom. The largest absolute Gasteiger partial charge is 0.488 e. The van der Waals surface area contributed by atoms with Crippen molar-refractivity contribution < 1.29 is 13.9 Å². The molecule has 0 radical (unpaired) electrons. The fraction of sp³-hybridized carbons (Fsp3) is 0.0833. The number of carbonyl (C=O) groups excluding carboxylic acids is 1. The maximum absolute atomic E-state index is 13.0. The first-order valence-electron chi connectivity index (χ1n) is 9.11. The lowest BCUT2D eigenvalue weighted by Gasteiger charge is -2.09. The van der Waals surface area contributed by atoms with Gasteiger partial charge < -0.3 is 10.1 Å². The van der Waals surface area contributed by atoms with Gasteiger partial charge in [0, 0.05) is 5.69 Å². The van der Waals surface area contributed by atoms with E-state index in [9.17, 15) is 14.4 Å². The molecule has 30 heavy (non-hydrogen) atoms. The molecule has 0 atom stereocenters. The van der Waals surface area contributed by atoms with Gasteiger partial charge in [-0.25, -0.2) is 4.39 Å². The molecule has 0 aliphatic rings. The summed E-state index contributed by atoms with van der Waals surface area (Å²) in [7, 11) is 0. The van der Waals surface area contributed by atoms with Crippen molar-refractivity contribution in [2.45, 2.75) is 13.5 Å². The summed E-state index contributed by atoms with van der Waals surface area (Å²) in [4.78, 5) is 12.4. The number of nitrogens with zero attached hydrogens (tertiary/aromatic N) is 1. The topological polar surface area (TPSA) is 62.1 Å². The number of nitriles is 1. The van der Waals surface area contributed by atoms with Gasteiger partial charge in [0.05, 0.1) is 3.57 Å². The lowest BCUT2D eigenvalue weighted by Crippen LogP contribution is -2.13. The molecule has 0 aliphatic heterocycles. The lowest BCUT2D eigenvalue weighted by molar-refractivity contribution is -0.112. The minimum atomic E-state index is -0.463. The Hall–Kier alpha value is -3.18. The molecule has 3 rings (SSSR count). The maximum atomic E-state index is 13.0. The summed E-state index contributed by atoms with van der Waals surface area (Å²) in [5, 5.41) is 12.2. The van der Waals surface area contributed by atoms with Crippen LogP contribution in [0.5, 0.6) is 5.75 Å². The third-order valence-corrected chi connectivity index (χ3v) is 5.06. The molecule has 0 bridgehead atoms. The number of amides is 1. The SMILES string of the molecule is Cc1cccc(NC(=O)/C(C#N)=C\c2ccc(OCc3ccc(F)cc3)c(I)c2)c1. The number of ether oxygens (including phenoxy) is 1. The first-order valence-corrected chi connectivity index (χ1v) is 10.2. The van der Waals surface area contributed by atoms with Crippen LogP contribution in [0.4, 0.5) is 10.1 Å². The molecule has 150 valence electrons. The molecule has 3 aromatic carbocycles. The van der Waals surface area contributed by atoms with Gasteiger partial charge in [-0.3, -0.25) is 4.79 Å². The summed E-state index contributed by atoms with van der Waals surface area (Å²) in [6.45, 7) is 2.24. The second-order valence-corrected chi connectivity index (χ2v) is 7.76. The Labute approximate surface area is 188 Å². The molecule has 0 saturated carbocycles. The highest BCUT2D eigenvalue weighted by Crippen LogP contribution is 2.24. The van der Waals surface area contributed by atoms with Crippen LogP contribution >= 0.6 is 22.6 Å². The average molecular weight is 512 g/mol. The van der Waals surface area contributed by atoms with E-state index in [4.69, 9.17) is 4.74 Å². The highest BCUT2D eigenvalue weighted by molar-refractivity contribution is 14.1. The molecule has 0 aromatic heterocycles. The van der Waals surface area contributed by atoms with E-state index < -0.39 is 5.91 Å². The molecule has 4 nitrogen and oxygen atoms in total. The molecular formula is C24H18FIN2O2. The molecule has 0 fully saturated rings. The van der Waals surface area contributed by atoms with E-state index in [-0.39, 0.29) is 11.4 Å². The van der Waals surface area contributed by atoms with Gasteiger partial charge in [0.2, 0.25) is 0 Å². The number of anilines is 1. The Bertz CT molecular complexity index is 1130. The molecule has 3 aromatic rings. The maximum Gasteiger partial charge on any atom is 0.266 e. The zero-order chi connectivity index (χ0) is 21.5. The third-order valence-electron chi connectivity index (χ3n) is 4.22. The van der Waals surface area contributed by atoms with Crippen molar-refractivity contribution in [1.82, 2.24) is 0 Å². The Balaban J connectivity index is 1.70. The summed E-state index contributed by atoms with van der Waals surface area (Å²) in [5.41, 5.74) is 3.23. The van der Waals surface area contributed by atoms with E-state index in [1.54, 1.807) is 30.3 Å². The molecule has 6 heteroatoms. The number of hydrogen-bond acceptors (Lipinski definition) is 3. The van der Waals surface area contributed by atoms with Gasteiger partial charge in [0.25, 0.3) is 5.91 Å². The zero-order valence-corrected chi connectivity index (χ0v) is 18.3. The van der Waals surface area contributed by atoms with Gasteiger partial charge in [-0.15, -0.1) is 0 Å². The molecule has 0 aliphatic carbocycles. The van der Waals surface area contributed by atoms with Crippen molar-refractivity contribution in [2.75, 3.05) is 5.32 Å². The van der Waals surface area contributed by atoms with Gasteiger partial charge in [-0.1, -0.05) is 30.3 Å². The second kappa shape index (κ2) is 10.0. The number of nitrogens with one attached hydrogen (secondary N) is 1. The summed E-state index contributed by atoms with van der Waals surface area (Å²) in [6, 6.07) is 20.9. The van der Waals surface area contributed by atoms with Crippen molar-refractivity contribution in [3.63, 3.8) is 0 Å². The second-order valence-electron chi connectivity index (χ2n) is 6.60. The number of halogens is 2. The monoisotopic (exact) mass is 512 g/mol. The Morgan fingerprint density at radius 1 is 1.17 bits per heavy atom. The quantitative estimate of drug-likeness (QED) is 0.256. The summed E-state index contributed by atoms with van der Waals surface area (Å²) in [6.07, 6.45) is 1.54. The molecule has 0 heterocycles. The van der Waals surface area contributed by atoms with Crippen LogP contribution in [0.1, 0.15) is 16.7 Å². The Kier molecular flexibility index (Phi) is 7.20. The van der Waals surface area contributed by atoms with Crippen molar-refractivity contribution in [3.05, 3.63) is 98.4 Å². The highest BCUT2D eigenvalue weighted by Gasteiger charge is 2.11. The van der Waals surface area contributed by atoms with Crippen molar-refractivity contribution >= 4 is 40.3 Å². The summed E-state index contributed by atoms with van der Waals surface area (Å²) < 4.78 is 19.6. The molecular weight excluding hydrogens is 494 g/mol. The van der Waals surface area contributed by atoms with Gasteiger partial charge in [0.1, 0.15) is 29.8 Å². The highest BCUT2D eigenvalue weighted by atomic mass is 127. The number of hydrogen-bond donors (Lipinski definition) is 1. The summed E-state index contributed by atoms with van der Waals surface area (Å²) >= 11 is 2.13. The number of rotatable bonds is 6. The minimum Gasteiger partial charge on any atom is -0.488 e. The van der Waals surface area contributed by atoms with E-state index in [2.05, 4.69) is 27.9 Å². The van der Waals surface area contributed by atoms with Gasteiger partial charge in [0.15, 0.2) is 0 Å². The van der Waals surface area contributed by atoms with Crippen LogP contribution in [-0.4, -0.2) is 5.91 Å². The predicted molar refractivity (Wildman–Crippen MR) is 123 cm³/mol. The third kappa shape index (κ3) is 5.91. The first kappa shape index (κ1) is 21.5. The van der Waals surface area contributed by atoms with Crippen molar-refractivity contribution in [1.29, 1.82) is 5.26 Å². The fourth-order valence-corrected chi connectivity index (χ4v) is 3.40. The van der Waals surface area contributed by atoms with Crippen LogP contribution in [-0.2, 0) is 11.4 Å². The predicted octanol–water partition coefficient (Wildman–Crippen LogP) is 5.86. The molecule has 1 N–H and O–H groups in total. The molecule has 0 saturated heterocycles. The smallest absolute Gasteiger partial charge is 0.266 e. The normalized spacial score (nSPS) is 10.9. The van der Waals surface area contributed by atoms with Gasteiger partial charge >= 0.3 is 0 Å². The molecule has 0 unspecified atom stereocenters. The fourth-order valence-electron chi connectivity index (χ4n) is 2.70. The van der Waals surface area contributed by atoms with E-state index in [0.717, 1.165) is 14.7 Å². The van der Waals surface area contributed by atoms with E-state index in [1.165, 1.54) is 18.2 Å². The zero-order valence-electron chi connectivity index (χ0n) is 16.2. The first-order chi connectivity index (χ1) is 14.4. The van der Waals surface area contributed by atoms with E-state index in [0.29, 0.717) is 23.6 Å². The van der Waals surface area contributed by atoms with Crippen LogP contribution in [0, 0.1) is 27.6 Å². The number of aryl methyl sites for hydroxylation is 1. The van der Waals surface area contributed by atoms with E-state index in [1.807, 2.05) is 37.3 Å². The van der Waals surface area contributed by atoms with Crippen molar-refractivity contribution in [3.8, 4) is 11.8 Å². The van der Waals surface area contributed by atoms with E-state index >= 15 is 0 Å². The van der Waals surface area contributed by atoms with Crippen LogP contribution < -0.4 is 10.1 Å². The lowest BCUT2D eigenvalue weighted by atomic mass is 10.1. The minimum absolute atomic E-state index is 0.00675. The number of carbonyl (C=O) groups is 1.